The molecule has 3 aromatic rings. The summed E-state index contributed by atoms with van der Waals surface area (Å²) in [5, 5.41) is 0. The maximum atomic E-state index is 13.5. The lowest BCUT2D eigenvalue weighted by molar-refractivity contribution is -0.137. The molecule has 2 amide bonds. The Morgan fingerprint density at radius 2 is 1.77 bits per heavy atom. The number of ether oxygens (including phenoxy) is 1. The van der Waals surface area contributed by atoms with E-state index >= 15 is 0 Å². The molecule has 5 rings (SSSR count). The Labute approximate surface area is 180 Å². The molecule has 0 radical (unpaired) electrons. The van der Waals surface area contributed by atoms with Crippen LogP contribution in [0.2, 0.25) is 0 Å². The molecular formula is C25H22N2O4. The Morgan fingerprint density at radius 1 is 0.968 bits per heavy atom. The highest BCUT2D eigenvalue weighted by molar-refractivity contribution is 6.36. The number of anilines is 1. The number of fused-ring (bicyclic) bond motifs is 1. The van der Waals surface area contributed by atoms with E-state index in [2.05, 4.69) is 6.07 Å². The number of imide groups is 1. The van der Waals surface area contributed by atoms with Gasteiger partial charge in [-0.3, -0.25) is 14.5 Å². The van der Waals surface area contributed by atoms with Gasteiger partial charge in [-0.2, -0.15) is 0 Å². The first-order valence-corrected chi connectivity index (χ1v) is 10.4. The molecule has 0 N–H and O–H groups in total. The molecule has 0 unspecified atom stereocenters. The van der Waals surface area contributed by atoms with Crippen molar-refractivity contribution in [3.8, 4) is 5.75 Å². The fourth-order valence-corrected chi connectivity index (χ4v) is 4.23. The van der Waals surface area contributed by atoms with Gasteiger partial charge in [0.2, 0.25) is 0 Å². The van der Waals surface area contributed by atoms with E-state index in [0.29, 0.717) is 35.7 Å². The molecule has 1 aromatic heterocycles. The average molecular weight is 414 g/mol. The minimum atomic E-state index is -0.315. The monoisotopic (exact) mass is 414 g/mol. The Bertz CT molecular complexity index is 1160. The zero-order valence-corrected chi connectivity index (χ0v) is 17.2. The van der Waals surface area contributed by atoms with Crippen LogP contribution in [0.3, 0.4) is 0 Å². The van der Waals surface area contributed by atoms with Gasteiger partial charge in [-0.25, -0.2) is 0 Å². The van der Waals surface area contributed by atoms with Crippen molar-refractivity contribution in [2.24, 2.45) is 0 Å². The molecule has 31 heavy (non-hydrogen) atoms. The van der Waals surface area contributed by atoms with Crippen molar-refractivity contribution in [1.82, 2.24) is 4.90 Å². The number of furan rings is 1. The summed E-state index contributed by atoms with van der Waals surface area (Å²) < 4.78 is 10.9. The summed E-state index contributed by atoms with van der Waals surface area (Å²) in [5.74, 6) is 0.673. The second-order valence-electron chi connectivity index (χ2n) is 7.49. The first-order valence-electron chi connectivity index (χ1n) is 10.4. The van der Waals surface area contributed by atoms with Crippen LogP contribution in [0.25, 0.3) is 5.57 Å². The minimum Gasteiger partial charge on any atom is -0.494 e. The first kappa shape index (κ1) is 19.2. The van der Waals surface area contributed by atoms with Crippen LogP contribution in [0.5, 0.6) is 5.75 Å². The highest BCUT2D eigenvalue weighted by atomic mass is 16.5. The van der Waals surface area contributed by atoms with Crippen molar-refractivity contribution < 1.29 is 18.7 Å². The minimum absolute atomic E-state index is 0.101. The summed E-state index contributed by atoms with van der Waals surface area (Å²) in [6, 6.07) is 18.9. The molecule has 6 heteroatoms. The van der Waals surface area contributed by atoms with Crippen LogP contribution in [0.1, 0.15) is 23.8 Å². The molecule has 0 aliphatic carbocycles. The van der Waals surface area contributed by atoms with E-state index in [4.69, 9.17) is 9.15 Å². The summed E-state index contributed by atoms with van der Waals surface area (Å²) >= 11 is 0. The number of carbonyl (C=O) groups excluding carboxylic acids is 2. The average Bonchev–Trinajstić information content (AvgIpc) is 3.50. The number of para-hydroxylation sites is 1. The summed E-state index contributed by atoms with van der Waals surface area (Å²) in [6.45, 7) is 3.24. The second kappa shape index (κ2) is 7.80. The molecule has 0 spiro atoms. The van der Waals surface area contributed by atoms with Crippen LogP contribution in [0.4, 0.5) is 5.69 Å². The normalized spacial score (nSPS) is 15.8. The third-order valence-corrected chi connectivity index (χ3v) is 5.65. The molecule has 0 saturated carbocycles. The summed E-state index contributed by atoms with van der Waals surface area (Å²) in [5.41, 5.74) is 3.68. The standard InChI is InChI=1S/C25H22N2O4/c1-2-30-19-11-9-18(10-12-19)22-23(26-14-13-17-6-3-4-8-21(17)26)25(29)27(24(22)28)16-20-7-5-15-31-20/h3-12,15H,2,13-14,16H2,1H3. The fraction of sp³-hybridized carbons (Fsp3) is 0.200. The van der Waals surface area contributed by atoms with Crippen LogP contribution in [0.15, 0.2) is 77.0 Å². The van der Waals surface area contributed by atoms with E-state index in [-0.39, 0.29) is 18.4 Å². The predicted octanol–water partition coefficient (Wildman–Crippen LogP) is 4.02. The highest BCUT2D eigenvalue weighted by Crippen LogP contribution is 2.39. The molecule has 0 bridgehead atoms. The van der Waals surface area contributed by atoms with Crippen molar-refractivity contribution in [2.45, 2.75) is 19.9 Å². The third kappa shape index (κ3) is 3.30. The van der Waals surface area contributed by atoms with Crippen LogP contribution in [-0.2, 0) is 22.6 Å². The molecule has 0 fully saturated rings. The van der Waals surface area contributed by atoms with Crippen LogP contribution < -0.4 is 9.64 Å². The van der Waals surface area contributed by atoms with Crippen LogP contribution in [0, 0.1) is 0 Å². The highest BCUT2D eigenvalue weighted by Gasteiger charge is 2.43. The smallest absolute Gasteiger partial charge is 0.278 e. The molecule has 0 saturated heterocycles. The number of hydrogen-bond acceptors (Lipinski definition) is 5. The lowest BCUT2D eigenvalue weighted by Crippen LogP contribution is -2.34. The lowest BCUT2D eigenvalue weighted by Gasteiger charge is -2.21. The predicted molar refractivity (Wildman–Crippen MR) is 116 cm³/mol. The van der Waals surface area contributed by atoms with Gasteiger partial charge in [0, 0.05) is 12.2 Å². The van der Waals surface area contributed by atoms with Gasteiger partial charge in [-0.15, -0.1) is 0 Å². The quantitative estimate of drug-likeness (QED) is 0.570. The fourth-order valence-electron chi connectivity index (χ4n) is 4.23. The second-order valence-corrected chi connectivity index (χ2v) is 7.49. The largest absolute Gasteiger partial charge is 0.494 e. The van der Waals surface area contributed by atoms with Crippen molar-refractivity contribution in [1.29, 1.82) is 0 Å². The van der Waals surface area contributed by atoms with Gasteiger partial charge in [0.15, 0.2) is 0 Å². The Morgan fingerprint density at radius 3 is 2.52 bits per heavy atom. The first-order chi connectivity index (χ1) is 15.2. The Hall–Kier alpha value is -3.80. The number of amides is 2. The summed E-state index contributed by atoms with van der Waals surface area (Å²) in [7, 11) is 0. The van der Waals surface area contributed by atoms with E-state index in [1.807, 2.05) is 54.3 Å². The summed E-state index contributed by atoms with van der Waals surface area (Å²) in [4.78, 5) is 30.3. The number of benzene rings is 2. The molecule has 6 nitrogen and oxygen atoms in total. The Kier molecular flexibility index (Phi) is 4.82. The maximum absolute atomic E-state index is 13.5. The number of rotatable bonds is 6. The van der Waals surface area contributed by atoms with Crippen molar-refractivity contribution in [3.63, 3.8) is 0 Å². The van der Waals surface area contributed by atoms with Gasteiger partial charge in [-0.05, 0) is 54.8 Å². The van der Waals surface area contributed by atoms with Crippen molar-refractivity contribution in [2.75, 3.05) is 18.1 Å². The van der Waals surface area contributed by atoms with Gasteiger partial charge < -0.3 is 14.1 Å². The maximum Gasteiger partial charge on any atom is 0.278 e. The van der Waals surface area contributed by atoms with Crippen LogP contribution in [-0.4, -0.2) is 29.9 Å². The van der Waals surface area contributed by atoms with E-state index in [9.17, 15) is 9.59 Å². The molecular weight excluding hydrogens is 392 g/mol. The SMILES string of the molecule is CCOc1ccc(C2=C(N3CCc4ccccc43)C(=O)N(Cc3ccco3)C2=O)cc1. The molecule has 3 heterocycles. The van der Waals surface area contributed by atoms with E-state index < -0.39 is 0 Å². The van der Waals surface area contributed by atoms with Gasteiger partial charge in [0.05, 0.1) is 25.0 Å². The van der Waals surface area contributed by atoms with Crippen molar-refractivity contribution >= 4 is 23.1 Å². The summed E-state index contributed by atoms with van der Waals surface area (Å²) in [6.07, 6.45) is 2.37. The molecule has 156 valence electrons. The van der Waals surface area contributed by atoms with E-state index in [1.54, 1.807) is 18.4 Å². The van der Waals surface area contributed by atoms with E-state index in [0.717, 1.165) is 17.9 Å². The molecule has 2 aromatic carbocycles. The zero-order chi connectivity index (χ0) is 21.4. The topological polar surface area (TPSA) is 63.0 Å². The van der Waals surface area contributed by atoms with Crippen molar-refractivity contribution in [3.05, 3.63) is 89.5 Å². The number of nitrogens with zero attached hydrogens (tertiary/aromatic N) is 2. The van der Waals surface area contributed by atoms with Gasteiger partial charge >= 0.3 is 0 Å². The zero-order valence-electron chi connectivity index (χ0n) is 17.2. The number of carbonyl (C=O) groups is 2. The van der Waals surface area contributed by atoms with E-state index in [1.165, 1.54) is 10.5 Å². The van der Waals surface area contributed by atoms with Gasteiger partial charge in [-0.1, -0.05) is 30.3 Å². The third-order valence-electron chi connectivity index (χ3n) is 5.65. The molecule has 2 aliphatic rings. The van der Waals surface area contributed by atoms with Gasteiger partial charge in [0.25, 0.3) is 11.8 Å². The molecule has 0 atom stereocenters. The lowest BCUT2D eigenvalue weighted by atomic mass is 10.0. The van der Waals surface area contributed by atoms with Crippen LogP contribution >= 0.6 is 0 Å². The number of hydrogen-bond donors (Lipinski definition) is 0. The Balaban J connectivity index is 1.59. The molecule has 2 aliphatic heterocycles. The van der Waals surface area contributed by atoms with Gasteiger partial charge in [0.1, 0.15) is 17.2 Å².